The highest BCUT2D eigenvalue weighted by Gasteiger charge is 2.06. The maximum absolute atomic E-state index is 11.5. The van der Waals surface area contributed by atoms with Crippen LogP contribution in [0.4, 0.5) is 0 Å². The topological polar surface area (TPSA) is 17.1 Å². The summed E-state index contributed by atoms with van der Waals surface area (Å²) in [6, 6.07) is 8.52. The lowest BCUT2D eigenvalue weighted by Crippen LogP contribution is -2.07. The van der Waals surface area contributed by atoms with Crippen LogP contribution in [0, 0.1) is 5.92 Å². The number of carbonyl (C=O) groups is 1. The standard InChI is InChI=1S/C14H20O/c1-4-12-6-5-7-13(10-12)8-9-14(15)11(2)3/h5-7,10-11H,4,8-9H2,1-3H3. The molecule has 0 fully saturated rings. The molecule has 0 amide bonds. The molecule has 15 heavy (non-hydrogen) atoms. The van der Waals surface area contributed by atoms with Crippen molar-refractivity contribution in [3.8, 4) is 0 Å². The molecule has 1 aromatic carbocycles. The van der Waals surface area contributed by atoms with Gasteiger partial charge in [0, 0.05) is 12.3 Å². The van der Waals surface area contributed by atoms with Gasteiger partial charge in [0.15, 0.2) is 0 Å². The SMILES string of the molecule is CCc1cccc(CCC(=O)C(C)C)c1. The molecule has 0 aliphatic rings. The lowest BCUT2D eigenvalue weighted by molar-refractivity contribution is -0.121. The second-order valence-corrected chi connectivity index (χ2v) is 4.29. The average Bonchev–Trinajstić information content (AvgIpc) is 2.26. The van der Waals surface area contributed by atoms with Crippen molar-refractivity contribution in [3.05, 3.63) is 35.4 Å². The van der Waals surface area contributed by atoms with Gasteiger partial charge in [0.25, 0.3) is 0 Å². The van der Waals surface area contributed by atoms with Crippen LogP contribution in [-0.2, 0) is 17.6 Å². The average molecular weight is 204 g/mol. The largest absolute Gasteiger partial charge is 0.299 e. The Labute approximate surface area is 92.5 Å². The Morgan fingerprint density at radius 3 is 2.53 bits per heavy atom. The van der Waals surface area contributed by atoms with Gasteiger partial charge >= 0.3 is 0 Å². The van der Waals surface area contributed by atoms with Gasteiger partial charge in [0.2, 0.25) is 0 Å². The maximum Gasteiger partial charge on any atom is 0.135 e. The molecule has 0 saturated carbocycles. The molecule has 0 atom stereocenters. The molecule has 0 unspecified atom stereocenters. The highest BCUT2D eigenvalue weighted by Crippen LogP contribution is 2.10. The van der Waals surface area contributed by atoms with Crippen LogP contribution in [-0.4, -0.2) is 5.78 Å². The van der Waals surface area contributed by atoms with Gasteiger partial charge in [0.05, 0.1) is 0 Å². The van der Waals surface area contributed by atoms with Crippen molar-refractivity contribution in [2.45, 2.75) is 40.0 Å². The Bertz CT molecular complexity index is 326. The zero-order chi connectivity index (χ0) is 11.3. The number of benzene rings is 1. The predicted octanol–water partition coefficient (Wildman–Crippen LogP) is 3.41. The normalized spacial score (nSPS) is 10.7. The lowest BCUT2D eigenvalue weighted by atomic mass is 9.99. The molecule has 0 N–H and O–H groups in total. The van der Waals surface area contributed by atoms with Crippen LogP contribution in [0.2, 0.25) is 0 Å². The molecule has 1 nitrogen and oxygen atoms in total. The first-order valence-electron chi connectivity index (χ1n) is 5.74. The first-order chi connectivity index (χ1) is 7.13. The quantitative estimate of drug-likeness (QED) is 0.718. The maximum atomic E-state index is 11.5. The number of Topliss-reactive ketones (excluding diaryl/α,β-unsaturated/α-hetero) is 1. The van der Waals surface area contributed by atoms with Crippen LogP contribution in [0.3, 0.4) is 0 Å². The Morgan fingerprint density at radius 2 is 1.93 bits per heavy atom. The minimum Gasteiger partial charge on any atom is -0.299 e. The van der Waals surface area contributed by atoms with E-state index < -0.39 is 0 Å². The van der Waals surface area contributed by atoms with E-state index in [9.17, 15) is 4.79 Å². The summed E-state index contributed by atoms with van der Waals surface area (Å²) in [6.45, 7) is 6.08. The van der Waals surface area contributed by atoms with Crippen LogP contribution in [0.5, 0.6) is 0 Å². The molecule has 0 bridgehead atoms. The Morgan fingerprint density at radius 1 is 1.27 bits per heavy atom. The molecule has 0 aliphatic heterocycles. The summed E-state index contributed by atoms with van der Waals surface area (Å²) in [5, 5.41) is 0. The van der Waals surface area contributed by atoms with E-state index in [4.69, 9.17) is 0 Å². The zero-order valence-corrected chi connectivity index (χ0v) is 9.92. The number of aryl methyl sites for hydroxylation is 2. The van der Waals surface area contributed by atoms with Crippen molar-refractivity contribution >= 4 is 5.78 Å². The summed E-state index contributed by atoms with van der Waals surface area (Å²) in [6.07, 6.45) is 2.61. The van der Waals surface area contributed by atoms with Gasteiger partial charge in [-0.05, 0) is 24.0 Å². The molecule has 0 heterocycles. The second-order valence-electron chi connectivity index (χ2n) is 4.29. The molecule has 0 spiro atoms. The third-order valence-electron chi connectivity index (χ3n) is 2.70. The van der Waals surface area contributed by atoms with Crippen LogP contribution in [0.1, 0.15) is 38.3 Å². The van der Waals surface area contributed by atoms with Crippen molar-refractivity contribution in [3.63, 3.8) is 0 Å². The summed E-state index contributed by atoms with van der Waals surface area (Å²) >= 11 is 0. The molecule has 1 heteroatoms. The molecule has 0 radical (unpaired) electrons. The molecular weight excluding hydrogens is 184 g/mol. The highest BCUT2D eigenvalue weighted by atomic mass is 16.1. The van der Waals surface area contributed by atoms with E-state index in [-0.39, 0.29) is 5.92 Å². The first-order valence-corrected chi connectivity index (χ1v) is 5.74. The molecule has 82 valence electrons. The number of hydrogen-bond donors (Lipinski definition) is 0. The molecule has 1 aromatic rings. The number of rotatable bonds is 5. The fourth-order valence-electron chi connectivity index (χ4n) is 1.56. The minimum atomic E-state index is 0.166. The highest BCUT2D eigenvalue weighted by molar-refractivity contribution is 5.80. The van der Waals surface area contributed by atoms with Gasteiger partial charge in [-0.2, -0.15) is 0 Å². The number of ketones is 1. The van der Waals surface area contributed by atoms with E-state index in [1.54, 1.807) is 0 Å². The lowest BCUT2D eigenvalue weighted by Gasteiger charge is -2.05. The summed E-state index contributed by atoms with van der Waals surface area (Å²) in [4.78, 5) is 11.5. The summed E-state index contributed by atoms with van der Waals surface area (Å²) < 4.78 is 0. The molecule has 0 aliphatic carbocycles. The van der Waals surface area contributed by atoms with Crippen LogP contribution < -0.4 is 0 Å². The fourth-order valence-corrected chi connectivity index (χ4v) is 1.56. The van der Waals surface area contributed by atoms with E-state index in [2.05, 4.69) is 31.2 Å². The van der Waals surface area contributed by atoms with Crippen molar-refractivity contribution in [2.75, 3.05) is 0 Å². The monoisotopic (exact) mass is 204 g/mol. The predicted molar refractivity (Wildman–Crippen MR) is 64.0 cm³/mol. The van der Waals surface area contributed by atoms with Crippen LogP contribution in [0.25, 0.3) is 0 Å². The van der Waals surface area contributed by atoms with Crippen molar-refractivity contribution < 1.29 is 4.79 Å². The summed E-state index contributed by atoms with van der Waals surface area (Å²) in [5.74, 6) is 0.524. The van der Waals surface area contributed by atoms with Gasteiger partial charge < -0.3 is 0 Å². The van der Waals surface area contributed by atoms with E-state index >= 15 is 0 Å². The minimum absolute atomic E-state index is 0.166. The van der Waals surface area contributed by atoms with E-state index in [0.29, 0.717) is 12.2 Å². The number of hydrogen-bond acceptors (Lipinski definition) is 1. The Kier molecular flexibility index (Phi) is 4.54. The van der Waals surface area contributed by atoms with E-state index in [1.165, 1.54) is 11.1 Å². The third-order valence-corrected chi connectivity index (χ3v) is 2.70. The van der Waals surface area contributed by atoms with Gasteiger partial charge in [0.1, 0.15) is 5.78 Å². The Balaban J connectivity index is 2.54. The molecular formula is C14H20O. The second kappa shape index (κ2) is 5.69. The van der Waals surface area contributed by atoms with Crippen molar-refractivity contribution in [1.29, 1.82) is 0 Å². The zero-order valence-electron chi connectivity index (χ0n) is 9.92. The molecule has 1 rings (SSSR count). The smallest absolute Gasteiger partial charge is 0.135 e. The van der Waals surface area contributed by atoms with Crippen molar-refractivity contribution in [1.82, 2.24) is 0 Å². The Hall–Kier alpha value is -1.11. The van der Waals surface area contributed by atoms with Crippen LogP contribution >= 0.6 is 0 Å². The fraction of sp³-hybridized carbons (Fsp3) is 0.500. The first kappa shape index (κ1) is 12.0. The van der Waals surface area contributed by atoms with Crippen LogP contribution in [0.15, 0.2) is 24.3 Å². The summed E-state index contributed by atoms with van der Waals surface area (Å²) in [5.41, 5.74) is 2.63. The van der Waals surface area contributed by atoms with E-state index in [1.807, 2.05) is 13.8 Å². The summed E-state index contributed by atoms with van der Waals surface area (Å²) in [7, 11) is 0. The number of carbonyl (C=O) groups excluding carboxylic acids is 1. The van der Waals surface area contributed by atoms with E-state index in [0.717, 1.165) is 12.8 Å². The van der Waals surface area contributed by atoms with Gasteiger partial charge in [-0.1, -0.05) is 45.0 Å². The molecule has 0 saturated heterocycles. The van der Waals surface area contributed by atoms with Gasteiger partial charge in [-0.3, -0.25) is 4.79 Å². The van der Waals surface area contributed by atoms with Gasteiger partial charge in [-0.15, -0.1) is 0 Å². The van der Waals surface area contributed by atoms with Crippen molar-refractivity contribution in [2.24, 2.45) is 5.92 Å². The van der Waals surface area contributed by atoms with Gasteiger partial charge in [-0.25, -0.2) is 0 Å². The third kappa shape index (κ3) is 3.86. The molecule has 0 aromatic heterocycles.